The van der Waals surface area contributed by atoms with E-state index in [9.17, 15) is 0 Å². The Hall–Kier alpha value is -0.560. The lowest BCUT2D eigenvalue weighted by Crippen LogP contribution is -1.85. The van der Waals surface area contributed by atoms with E-state index < -0.39 is 0 Å². The third-order valence-electron chi connectivity index (χ3n) is 2.61. The van der Waals surface area contributed by atoms with Gasteiger partial charge in [-0.15, -0.1) is 0 Å². The zero-order valence-electron chi connectivity index (χ0n) is 5.58. The molecule has 2 aliphatic carbocycles. The average molecular weight is 148 g/mol. The molecule has 3 rings (SSSR count). The standard InChI is InChI=1S/C9H8S/c1-2-7-3-6(1)8-4-10-5-9(7)8/h1-2,4-7H,3H2. The molecule has 0 amide bonds. The predicted octanol–water partition coefficient (Wildman–Crippen LogP) is 2.89. The molecule has 0 nitrogen and oxygen atoms in total. The molecule has 2 atom stereocenters. The van der Waals surface area contributed by atoms with Crippen LogP contribution in [0.5, 0.6) is 0 Å². The first-order valence-electron chi connectivity index (χ1n) is 3.69. The summed E-state index contributed by atoms with van der Waals surface area (Å²) in [6.07, 6.45) is 6.08. The van der Waals surface area contributed by atoms with Gasteiger partial charge in [0.05, 0.1) is 0 Å². The molecule has 2 unspecified atom stereocenters. The van der Waals surface area contributed by atoms with Crippen molar-refractivity contribution >= 4 is 11.3 Å². The molecule has 1 heteroatoms. The Kier molecular flexibility index (Phi) is 0.789. The number of thiophene rings is 1. The van der Waals surface area contributed by atoms with Gasteiger partial charge in [-0.05, 0) is 28.3 Å². The summed E-state index contributed by atoms with van der Waals surface area (Å²) in [7, 11) is 0. The van der Waals surface area contributed by atoms with E-state index in [1.54, 1.807) is 11.1 Å². The molecule has 0 spiro atoms. The molecule has 10 heavy (non-hydrogen) atoms. The maximum absolute atomic E-state index is 2.36. The Balaban J connectivity index is 2.30. The molecule has 0 saturated carbocycles. The normalized spacial score (nSPS) is 33.2. The van der Waals surface area contributed by atoms with Crippen molar-refractivity contribution in [2.75, 3.05) is 0 Å². The molecular formula is C9H8S. The lowest BCUT2D eigenvalue weighted by atomic mass is 10.0. The number of fused-ring (bicyclic) bond motifs is 5. The molecule has 0 aromatic carbocycles. The van der Waals surface area contributed by atoms with Crippen LogP contribution in [0.15, 0.2) is 22.9 Å². The van der Waals surface area contributed by atoms with Gasteiger partial charge in [-0.3, -0.25) is 0 Å². The zero-order valence-corrected chi connectivity index (χ0v) is 6.40. The molecule has 1 heterocycles. The number of allylic oxidation sites excluding steroid dienone is 2. The second kappa shape index (κ2) is 1.54. The van der Waals surface area contributed by atoms with E-state index in [1.165, 1.54) is 6.42 Å². The van der Waals surface area contributed by atoms with Gasteiger partial charge in [-0.1, -0.05) is 12.2 Å². The second-order valence-corrected chi connectivity index (χ2v) is 3.86. The van der Waals surface area contributed by atoms with Crippen LogP contribution in [0.3, 0.4) is 0 Å². The van der Waals surface area contributed by atoms with Gasteiger partial charge in [0.2, 0.25) is 0 Å². The second-order valence-electron chi connectivity index (χ2n) is 3.12. The van der Waals surface area contributed by atoms with E-state index in [0.29, 0.717) is 0 Å². The van der Waals surface area contributed by atoms with Crippen LogP contribution < -0.4 is 0 Å². The fraction of sp³-hybridized carbons (Fsp3) is 0.333. The number of hydrogen-bond acceptors (Lipinski definition) is 1. The van der Waals surface area contributed by atoms with Gasteiger partial charge < -0.3 is 0 Å². The molecule has 0 N–H and O–H groups in total. The Labute approximate surface area is 64.2 Å². The van der Waals surface area contributed by atoms with E-state index in [1.807, 2.05) is 11.3 Å². The topological polar surface area (TPSA) is 0 Å². The van der Waals surface area contributed by atoms with Crippen LogP contribution in [0.25, 0.3) is 0 Å². The maximum Gasteiger partial charge on any atom is 0.00381 e. The summed E-state index contributed by atoms with van der Waals surface area (Å²) in [5, 5.41) is 4.62. The Morgan fingerprint density at radius 2 is 1.70 bits per heavy atom. The maximum atomic E-state index is 2.36. The lowest BCUT2D eigenvalue weighted by Gasteiger charge is -2.01. The van der Waals surface area contributed by atoms with Gasteiger partial charge >= 0.3 is 0 Å². The first-order chi connectivity index (χ1) is 4.95. The van der Waals surface area contributed by atoms with Crippen molar-refractivity contribution in [3.63, 3.8) is 0 Å². The molecular weight excluding hydrogens is 140 g/mol. The van der Waals surface area contributed by atoms with Crippen LogP contribution in [-0.2, 0) is 0 Å². The quantitative estimate of drug-likeness (QED) is 0.496. The van der Waals surface area contributed by atoms with Crippen molar-refractivity contribution < 1.29 is 0 Å². The predicted molar refractivity (Wildman–Crippen MR) is 43.6 cm³/mol. The van der Waals surface area contributed by atoms with Crippen molar-refractivity contribution in [2.24, 2.45) is 0 Å². The van der Waals surface area contributed by atoms with E-state index >= 15 is 0 Å². The first kappa shape index (κ1) is 5.14. The molecule has 50 valence electrons. The fourth-order valence-corrected chi connectivity index (χ4v) is 3.06. The third kappa shape index (κ3) is 0.441. The molecule has 0 saturated heterocycles. The molecule has 0 aliphatic heterocycles. The summed E-state index contributed by atoms with van der Waals surface area (Å²) in [6.45, 7) is 0. The van der Waals surface area contributed by atoms with Crippen LogP contribution in [0, 0.1) is 0 Å². The highest BCUT2D eigenvalue weighted by atomic mass is 32.1. The van der Waals surface area contributed by atoms with Crippen molar-refractivity contribution in [3.8, 4) is 0 Å². The largest absolute Gasteiger partial charge is 0.152 e. The van der Waals surface area contributed by atoms with E-state index in [2.05, 4.69) is 22.9 Å². The highest BCUT2D eigenvalue weighted by Crippen LogP contribution is 2.49. The summed E-state index contributed by atoms with van der Waals surface area (Å²) >= 11 is 1.85. The summed E-state index contributed by atoms with van der Waals surface area (Å²) < 4.78 is 0. The highest BCUT2D eigenvalue weighted by molar-refractivity contribution is 7.08. The fourth-order valence-electron chi connectivity index (χ4n) is 2.08. The van der Waals surface area contributed by atoms with Crippen LogP contribution >= 0.6 is 11.3 Å². The lowest BCUT2D eigenvalue weighted by molar-refractivity contribution is 0.804. The van der Waals surface area contributed by atoms with Gasteiger partial charge in [0.1, 0.15) is 0 Å². The van der Waals surface area contributed by atoms with E-state index in [-0.39, 0.29) is 0 Å². The van der Waals surface area contributed by atoms with Gasteiger partial charge in [0.15, 0.2) is 0 Å². The molecule has 2 bridgehead atoms. The molecule has 1 aromatic rings. The summed E-state index contributed by atoms with van der Waals surface area (Å²) in [5.74, 6) is 1.57. The molecule has 0 fully saturated rings. The van der Waals surface area contributed by atoms with Crippen LogP contribution in [-0.4, -0.2) is 0 Å². The highest BCUT2D eigenvalue weighted by Gasteiger charge is 2.32. The summed E-state index contributed by atoms with van der Waals surface area (Å²) in [6, 6.07) is 0. The number of rotatable bonds is 0. The summed E-state index contributed by atoms with van der Waals surface area (Å²) in [4.78, 5) is 0. The van der Waals surface area contributed by atoms with Gasteiger partial charge in [0, 0.05) is 11.8 Å². The van der Waals surface area contributed by atoms with Crippen LogP contribution in [0.1, 0.15) is 29.4 Å². The van der Waals surface area contributed by atoms with Crippen molar-refractivity contribution in [3.05, 3.63) is 34.0 Å². The molecule has 2 aliphatic rings. The first-order valence-corrected chi connectivity index (χ1v) is 4.64. The molecule has 0 radical (unpaired) electrons. The minimum absolute atomic E-state index is 0.784. The van der Waals surface area contributed by atoms with Gasteiger partial charge in [0.25, 0.3) is 0 Å². The minimum atomic E-state index is 0.784. The molecule has 1 aromatic heterocycles. The number of hydrogen-bond donors (Lipinski definition) is 0. The Bertz CT molecular complexity index is 269. The van der Waals surface area contributed by atoms with Crippen molar-refractivity contribution in [1.29, 1.82) is 0 Å². The Morgan fingerprint density at radius 1 is 1.10 bits per heavy atom. The minimum Gasteiger partial charge on any atom is -0.152 e. The van der Waals surface area contributed by atoms with Crippen molar-refractivity contribution in [1.82, 2.24) is 0 Å². The van der Waals surface area contributed by atoms with Gasteiger partial charge in [-0.2, -0.15) is 11.3 Å². The third-order valence-corrected chi connectivity index (χ3v) is 3.39. The van der Waals surface area contributed by atoms with Gasteiger partial charge in [-0.25, -0.2) is 0 Å². The van der Waals surface area contributed by atoms with Crippen molar-refractivity contribution in [2.45, 2.75) is 18.3 Å². The summed E-state index contributed by atoms with van der Waals surface area (Å²) in [5.41, 5.74) is 3.22. The zero-order chi connectivity index (χ0) is 6.55. The van der Waals surface area contributed by atoms with Crippen LogP contribution in [0.4, 0.5) is 0 Å². The van der Waals surface area contributed by atoms with E-state index in [4.69, 9.17) is 0 Å². The monoisotopic (exact) mass is 148 g/mol. The average Bonchev–Trinajstić information content (AvgIpc) is 2.60. The Morgan fingerprint density at radius 3 is 2.30 bits per heavy atom. The van der Waals surface area contributed by atoms with E-state index in [0.717, 1.165) is 11.8 Å². The smallest absolute Gasteiger partial charge is 0.00381 e. The van der Waals surface area contributed by atoms with Crippen LogP contribution in [0.2, 0.25) is 0 Å². The SMILES string of the molecule is C1=CC2CC1c1cscc12.